The number of piperidine rings is 1. The van der Waals surface area contributed by atoms with Crippen molar-refractivity contribution in [3.63, 3.8) is 0 Å². The molecule has 140 valence electrons. The van der Waals surface area contributed by atoms with E-state index in [4.69, 9.17) is 4.42 Å². The first kappa shape index (κ1) is 18.5. The second-order valence-electron chi connectivity index (χ2n) is 6.75. The van der Waals surface area contributed by atoms with E-state index in [1.54, 1.807) is 17.9 Å². The molecule has 1 aliphatic heterocycles. The Bertz CT molecular complexity index is 770. The maximum Gasteiger partial charge on any atom is 0.416 e. The van der Waals surface area contributed by atoms with Gasteiger partial charge in [-0.05, 0) is 50.2 Å². The van der Waals surface area contributed by atoms with Crippen molar-refractivity contribution in [1.82, 2.24) is 9.88 Å². The Morgan fingerprint density at radius 3 is 2.88 bits per heavy atom. The first-order chi connectivity index (χ1) is 12.3. The number of amides is 1. The number of carbonyl (C=O) groups is 1. The standard InChI is InChI=1S/C19H21F3N2O2/c1-13-17(23-12-26-13)18(25)24-9-3-5-15(11-24)8-7-14-4-2-6-16(10-14)19(20,21)22/h2,4,6,10,12,15H,3,5,7-9,11H2,1H3/t15-/m1/s1. The van der Waals surface area contributed by atoms with Crippen LogP contribution in [0.15, 0.2) is 35.1 Å². The molecule has 1 aromatic heterocycles. The van der Waals surface area contributed by atoms with Crippen molar-refractivity contribution in [1.29, 1.82) is 0 Å². The molecule has 2 heterocycles. The fourth-order valence-electron chi connectivity index (χ4n) is 3.42. The van der Waals surface area contributed by atoms with Crippen LogP contribution in [0.25, 0.3) is 0 Å². The number of aryl methyl sites for hydroxylation is 2. The number of hydrogen-bond donors (Lipinski definition) is 0. The molecule has 0 radical (unpaired) electrons. The first-order valence-electron chi connectivity index (χ1n) is 8.70. The number of nitrogens with zero attached hydrogens (tertiary/aromatic N) is 2. The molecule has 1 fully saturated rings. The molecule has 1 aromatic carbocycles. The van der Waals surface area contributed by atoms with Crippen molar-refractivity contribution >= 4 is 5.91 Å². The summed E-state index contributed by atoms with van der Waals surface area (Å²) >= 11 is 0. The van der Waals surface area contributed by atoms with Gasteiger partial charge in [0.1, 0.15) is 5.76 Å². The van der Waals surface area contributed by atoms with Crippen LogP contribution in [-0.4, -0.2) is 28.9 Å². The van der Waals surface area contributed by atoms with Crippen molar-refractivity contribution in [3.05, 3.63) is 53.2 Å². The summed E-state index contributed by atoms with van der Waals surface area (Å²) in [6.07, 6.45) is 0.121. The molecule has 7 heteroatoms. The molecule has 2 aromatic rings. The van der Waals surface area contributed by atoms with Gasteiger partial charge < -0.3 is 9.32 Å². The minimum Gasteiger partial charge on any atom is -0.448 e. The number of rotatable bonds is 4. The molecule has 1 amide bonds. The molecular formula is C19H21F3N2O2. The minimum absolute atomic E-state index is 0.139. The third-order valence-electron chi connectivity index (χ3n) is 4.85. The topological polar surface area (TPSA) is 46.3 Å². The van der Waals surface area contributed by atoms with E-state index in [2.05, 4.69) is 4.98 Å². The number of carbonyl (C=O) groups excluding carboxylic acids is 1. The lowest BCUT2D eigenvalue weighted by Crippen LogP contribution is -2.40. The zero-order chi connectivity index (χ0) is 18.7. The van der Waals surface area contributed by atoms with Crippen molar-refractivity contribution < 1.29 is 22.4 Å². The van der Waals surface area contributed by atoms with Gasteiger partial charge >= 0.3 is 6.18 Å². The number of hydrogen-bond acceptors (Lipinski definition) is 3. The van der Waals surface area contributed by atoms with Gasteiger partial charge in [-0.25, -0.2) is 4.98 Å². The fraction of sp³-hybridized carbons (Fsp3) is 0.474. The predicted octanol–water partition coefficient (Wildman–Crippen LogP) is 4.49. The molecule has 4 nitrogen and oxygen atoms in total. The maximum absolute atomic E-state index is 12.8. The van der Waals surface area contributed by atoms with Crippen LogP contribution in [0.1, 0.15) is 46.6 Å². The number of alkyl halides is 3. The highest BCUT2D eigenvalue weighted by atomic mass is 19.4. The summed E-state index contributed by atoms with van der Waals surface area (Å²) in [5, 5.41) is 0. The molecule has 3 rings (SSSR count). The van der Waals surface area contributed by atoms with E-state index in [0.29, 0.717) is 36.5 Å². The van der Waals surface area contributed by atoms with Crippen LogP contribution in [0.3, 0.4) is 0 Å². The predicted molar refractivity (Wildman–Crippen MR) is 89.6 cm³/mol. The maximum atomic E-state index is 12.8. The quantitative estimate of drug-likeness (QED) is 0.801. The van der Waals surface area contributed by atoms with Crippen LogP contribution in [0.2, 0.25) is 0 Å². The van der Waals surface area contributed by atoms with Gasteiger partial charge in [-0.1, -0.05) is 18.2 Å². The number of aromatic nitrogens is 1. The Morgan fingerprint density at radius 2 is 2.19 bits per heavy atom. The highest BCUT2D eigenvalue weighted by Crippen LogP contribution is 2.30. The van der Waals surface area contributed by atoms with Gasteiger partial charge in [0, 0.05) is 13.1 Å². The fourth-order valence-corrected chi connectivity index (χ4v) is 3.42. The van der Waals surface area contributed by atoms with Crippen molar-refractivity contribution in [3.8, 4) is 0 Å². The first-order valence-corrected chi connectivity index (χ1v) is 8.70. The average Bonchev–Trinajstić information content (AvgIpc) is 3.05. The lowest BCUT2D eigenvalue weighted by atomic mass is 9.91. The van der Waals surface area contributed by atoms with Crippen LogP contribution in [-0.2, 0) is 12.6 Å². The highest BCUT2D eigenvalue weighted by molar-refractivity contribution is 5.93. The third-order valence-corrected chi connectivity index (χ3v) is 4.85. The Hall–Kier alpha value is -2.31. The summed E-state index contributed by atoms with van der Waals surface area (Å²) in [6.45, 7) is 2.98. The Labute approximate surface area is 150 Å². The zero-order valence-electron chi connectivity index (χ0n) is 14.6. The van der Waals surface area contributed by atoms with E-state index in [-0.39, 0.29) is 11.8 Å². The van der Waals surface area contributed by atoms with Crippen molar-refractivity contribution in [2.24, 2.45) is 5.92 Å². The summed E-state index contributed by atoms with van der Waals surface area (Å²) in [7, 11) is 0. The highest BCUT2D eigenvalue weighted by Gasteiger charge is 2.30. The van der Waals surface area contributed by atoms with Gasteiger partial charge in [-0.2, -0.15) is 13.2 Å². The van der Waals surface area contributed by atoms with E-state index >= 15 is 0 Å². The van der Waals surface area contributed by atoms with Gasteiger partial charge in [0.2, 0.25) is 0 Å². The van der Waals surface area contributed by atoms with Gasteiger partial charge in [0.15, 0.2) is 12.1 Å². The second kappa shape index (κ2) is 7.51. The van der Waals surface area contributed by atoms with Crippen LogP contribution in [0, 0.1) is 12.8 Å². The second-order valence-corrected chi connectivity index (χ2v) is 6.75. The summed E-state index contributed by atoms with van der Waals surface area (Å²) in [5.74, 6) is 0.635. The zero-order valence-corrected chi connectivity index (χ0v) is 14.6. The summed E-state index contributed by atoms with van der Waals surface area (Å²) < 4.78 is 43.5. The van der Waals surface area contributed by atoms with E-state index in [1.807, 2.05) is 0 Å². The van der Waals surface area contributed by atoms with Crippen molar-refractivity contribution in [2.45, 2.75) is 38.8 Å². The molecule has 26 heavy (non-hydrogen) atoms. The van der Waals surface area contributed by atoms with Gasteiger partial charge in [-0.15, -0.1) is 0 Å². The summed E-state index contributed by atoms with van der Waals surface area (Å²) in [4.78, 5) is 18.3. The molecule has 0 aliphatic carbocycles. The number of likely N-dealkylation sites (tertiary alicyclic amines) is 1. The van der Waals surface area contributed by atoms with Crippen LogP contribution in [0.4, 0.5) is 13.2 Å². The largest absolute Gasteiger partial charge is 0.448 e. The minimum atomic E-state index is -4.32. The SMILES string of the molecule is Cc1ocnc1C(=O)N1CCC[C@H](CCc2cccc(C(F)(F)F)c2)C1. The van der Waals surface area contributed by atoms with Crippen LogP contribution < -0.4 is 0 Å². The number of oxazole rings is 1. The summed E-state index contributed by atoms with van der Waals surface area (Å²) in [5.41, 5.74) is 0.399. The number of halogens is 3. The molecule has 0 spiro atoms. The number of benzene rings is 1. The molecule has 0 saturated carbocycles. The molecule has 0 unspecified atom stereocenters. The molecule has 1 atom stereocenters. The smallest absolute Gasteiger partial charge is 0.416 e. The van der Waals surface area contributed by atoms with E-state index in [0.717, 1.165) is 25.3 Å². The van der Waals surface area contributed by atoms with Gasteiger partial charge in [0.25, 0.3) is 5.91 Å². The van der Waals surface area contributed by atoms with Crippen molar-refractivity contribution in [2.75, 3.05) is 13.1 Å². The molecule has 1 saturated heterocycles. The van der Waals surface area contributed by atoms with Gasteiger partial charge in [-0.3, -0.25) is 4.79 Å². The van der Waals surface area contributed by atoms with E-state index in [1.165, 1.54) is 18.5 Å². The Kier molecular flexibility index (Phi) is 5.34. The van der Waals surface area contributed by atoms with E-state index < -0.39 is 11.7 Å². The lowest BCUT2D eigenvalue weighted by Gasteiger charge is -2.32. The summed E-state index contributed by atoms with van der Waals surface area (Å²) in [6, 6.07) is 5.47. The Balaban J connectivity index is 1.59. The molecular weight excluding hydrogens is 345 g/mol. The Morgan fingerprint density at radius 1 is 1.38 bits per heavy atom. The third kappa shape index (κ3) is 4.26. The van der Waals surface area contributed by atoms with E-state index in [9.17, 15) is 18.0 Å². The molecule has 0 bridgehead atoms. The van der Waals surface area contributed by atoms with Gasteiger partial charge in [0.05, 0.1) is 5.56 Å². The monoisotopic (exact) mass is 366 g/mol. The molecule has 1 aliphatic rings. The normalized spacial score (nSPS) is 18.2. The average molecular weight is 366 g/mol. The van der Waals surface area contributed by atoms with Crippen LogP contribution in [0.5, 0.6) is 0 Å². The molecule has 0 N–H and O–H groups in total. The van der Waals surface area contributed by atoms with Crippen LogP contribution >= 0.6 is 0 Å². The lowest BCUT2D eigenvalue weighted by molar-refractivity contribution is -0.137.